The fourth-order valence-electron chi connectivity index (χ4n) is 5.90. The van der Waals surface area contributed by atoms with Crippen molar-refractivity contribution in [2.75, 3.05) is 0 Å². The fourth-order valence-corrected chi connectivity index (χ4v) is 5.90. The van der Waals surface area contributed by atoms with Crippen LogP contribution in [-0.2, 0) is 9.31 Å². The first-order chi connectivity index (χ1) is 19.2. The Balaban J connectivity index is 2.07. The Labute approximate surface area is 249 Å². The van der Waals surface area contributed by atoms with Crippen LogP contribution in [-0.4, -0.2) is 24.4 Å². The van der Waals surface area contributed by atoms with Crippen molar-refractivity contribution in [2.45, 2.75) is 118 Å². The molecule has 1 heterocycles. The van der Waals surface area contributed by atoms with E-state index < -0.39 is 18.3 Å². The summed E-state index contributed by atoms with van der Waals surface area (Å²) in [4.78, 5) is 5.30. The van der Waals surface area contributed by atoms with Crippen LogP contribution in [0.2, 0.25) is 0 Å². The molecule has 0 saturated carbocycles. The van der Waals surface area contributed by atoms with Crippen LogP contribution in [0.3, 0.4) is 0 Å². The molecule has 0 spiro atoms. The maximum absolute atomic E-state index is 6.35. The molecule has 1 saturated heterocycles. The van der Waals surface area contributed by atoms with Gasteiger partial charge in [-0.05, 0) is 84.7 Å². The largest absolute Gasteiger partial charge is 0.506 e. The number of hydrogen-bond acceptors (Lipinski definition) is 3. The second-order valence-corrected chi connectivity index (χ2v) is 13.8. The Bertz CT molecular complexity index is 1260. The summed E-state index contributed by atoms with van der Waals surface area (Å²) < 4.78 is 12.7. The van der Waals surface area contributed by atoms with Gasteiger partial charge in [-0.2, -0.15) is 0 Å². The highest BCUT2D eigenvalue weighted by atomic mass is 16.7. The van der Waals surface area contributed by atoms with E-state index in [1.165, 1.54) is 33.4 Å². The highest BCUT2D eigenvalue weighted by molar-refractivity contribution is 6.75. The van der Waals surface area contributed by atoms with E-state index in [-0.39, 0.29) is 0 Å². The molecule has 3 aromatic rings. The van der Waals surface area contributed by atoms with E-state index in [0.717, 1.165) is 16.8 Å². The Morgan fingerprint density at radius 3 is 1.20 bits per heavy atom. The molecule has 3 nitrogen and oxygen atoms in total. The van der Waals surface area contributed by atoms with Gasteiger partial charge in [0.15, 0.2) is 0 Å². The third-order valence-electron chi connectivity index (χ3n) is 8.92. The molecule has 4 heteroatoms. The maximum Gasteiger partial charge on any atom is 0.506 e. The molecule has 218 valence electrons. The zero-order valence-electron chi connectivity index (χ0n) is 27.4. The lowest BCUT2D eigenvalue weighted by Gasteiger charge is -2.32. The minimum Gasteiger partial charge on any atom is -0.399 e. The van der Waals surface area contributed by atoms with Crippen molar-refractivity contribution in [3.05, 3.63) is 76.9 Å². The number of aliphatic imine (C=N–C) groups is 1. The number of hydrogen-bond donors (Lipinski definition) is 0. The first-order valence-electron chi connectivity index (χ1n) is 15.5. The molecule has 1 fully saturated rings. The molecule has 0 aliphatic carbocycles. The molecular formula is C37H50BNO2. The molecule has 0 unspecified atom stereocenters. The summed E-state index contributed by atoms with van der Waals surface area (Å²) in [6, 6.07) is 20.2. The zero-order valence-corrected chi connectivity index (χ0v) is 27.4. The third kappa shape index (κ3) is 6.10. The van der Waals surface area contributed by atoms with E-state index in [0.29, 0.717) is 23.7 Å². The van der Waals surface area contributed by atoms with Crippen molar-refractivity contribution < 1.29 is 9.31 Å². The van der Waals surface area contributed by atoms with Gasteiger partial charge in [0.25, 0.3) is 0 Å². The Hall–Kier alpha value is -2.69. The van der Waals surface area contributed by atoms with Crippen molar-refractivity contribution >= 4 is 18.9 Å². The highest BCUT2D eigenvalue weighted by Gasteiger charge is 2.50. The van der Waals surface area contributed by atoms with Gasteiger partial charge < -0.3 is 9.31 Å². The number of rotatable bonds is 8. The minimum absolute atomic E-state index is 0.376. The standard InChI is InChI=1S/C37H50BNO2/c1-23(2)27-16-13-17-28(24(3)4)33(27)31-20-15-21-32(34-29(25(5)6)18-14-19-30(34)26(7)8)35(31)39-22-38-40-36(9,10)37(11,12)41-38/h13-26H,1-12H3. The van der Waals surface area contributed by atoms with E-state index in [4.69, 9.17) is 14.3 Å². The fraction of sp³-hybridized carbons (Fsp3) is 0.486. The van der Waals surface area contributed by atoms with Crippen LogP contribution in [0.15, 0.2) is 59.6 Å². The Kier molecular flexibility index (Phi) is 9.07. The SMILES string of the molecule is CC(C)c1cccc(C(C)C)c1-c1cccc(-c2c(C(C)C)cccc2C(C)C)c1N=CB1OC(C)(C)C(C)(C)O1. The Morgan fingerprint density at radius 1 is 0.561 bits per heavy atom. The van der Waals surface area contributed by atoms with Crippen molar-refractivity contribution in [1.29, 1.82) is 0 Å². The summed E-state index contributed by atoms with van der Waals surface area (Å²) in [5.74, 6) is 1.51. The number of nitrogens with zero attached hydrogens (tertiary/aromatic N) is 1. The first kappa shape index (κ1) is 31.3. The lowest BCUT2D eigenvalue weighted by Crippen LogP contribution is -2.41. The van der Waals surface area contributed by atoms with E-state index in [9.17, 15) is 0 Å². The normalized spacial score (nSPS) is 16.7. The average Bonchev–Trinajstić information content (AvgIpc) is 3.11. The molecule has 0 N–H and O–H groups in total. The van der Waals surface area contributed by atoms with Gasteiger partial charge in [-0.1, -0.05) is 110 Å². The molecule has 0 radical (unpaired) electrons. The van der Waals surface area contributed by atoms with Crippen LogP contribution < -0.4 is 0 Å². The van der Waals surface area contributed by atoms with Crippen molar-refractivity contribution in [3.8, 4) is 22.3 Å². The van der Waals surface area contributed by atoms with Gasteiger partial charge in [0.1, 0.15) is 0 Å². The number of para-hydroxylation sites is 1. The summed E-state index contributed by atoms with van der Waals surface area (Å²) >= 11 is 0. The molecule has 0 amide bonds. The smallest absolute Gasteiger partial charge is 0.399 e. The lowest BCUT2D eigenvalue weighted by atomic mass is 9.80. The summed E-state index contributed by atoms with van der Waals surface area (Å²) in [6.45, 7) is 26.6. The summed E-state index contributed by atoms with van der Waals surface area (Å²) in [5, 5.41) is 0. The van der Waals surface area contributed by atoms with E-state index in [1.54, 1.807) is 0 Å². The van der Waals surface area contributed by atoms with Gasteiger partial charge in [0.2, 0.25) is 0 Å². The van der Waals surface area contributed by atoms with E-state index in [1.807, 2.05) is 6.11 Å². The summed E-state index contributed by atoms with van der Waals surface area (Å²) in [5.41, 5.74) is 10.5. The predicted molar refractivity (Wildman–Crippen MR) is 178 cm³/mol. The zero-order chi connectivity index (χ0) is 30.3. The molecule has 4 rings (SSSR count). The van der Waals surface area contributed by atoms with Crippen molar-refractivity contribution in [2.24, 2.45) is 4.99 Å². The second kappa shape index (κ2) is 11.9. The van der Waals surface area contributed by atoms with Crippen LogP contribution >= 0.6 is 0 Å². The van der Waals surface area contributed by atoms with Gasteiger partial charge >= 0.3 is 7.12 Å². The molecule has 3 aromatic carbocycles. The number of benzene rings is 3. The quantitative estimate of drug-likeness (QED) is 0.206. The van der Waals surface area contributed by atoms with Crippen LogP contribution in [0.4, 0.5) is 5.69 Å². The van der Waals surface area contributed by atoms with Crippen molar-refractivity contribution in [1.82, 2.24) is 0 Å². The maximum atomic E-state index is 6.35. The van der Waals surface area contributed by atoms with Gasteiger partial charge in [-0.3, -0.25) is 4.99 Å². The highest BCUT2D eigenvalue weighted by Crippen LogP contribution is 2.48. The van der Waals surface area contributed by atoms with Crippen molar-refractivity contribution in [3.63, 3.8) is 0 Å². The molecule has 0 aromatic heterocycles. The minimum atomic E-state index is -0.518. The molecular weight excluding hydrogens is 501 g/mol. The van der Waals surface area contributed by atoms with Crippen LogP contribution in [0.5, 0.6) is 0 Å². The van der Waals surface area contributed by atoms with Gasteiger partial charge in [0, 0.05) is 17.2 Å². The first-order valence-corrected chi connectivity index (χ1v) is 15.5. The molecule has 0 atom stereocenters. The molecule has 1 aliphatic rings. The molecule has 41 heavy (non-hydrogen) atoms. The average molecular weight is 552 g/mol. The van der Waals surface area contributed by atoms with Crippen LogP contribution in [0.25, 0.3) is 22.3 Å². The summed E-state index contributed by atoms with van der Waals surface area (Å²) in [7, 11) is -0.518. The monoisotopic (exact) mass is 551 g/mol. The topological polar surface area (TPSA) is 30.8 Å². The molecule has 1 aliphatic heterocycles. The second-order valence-electron chi connectivity index (χ2n) is 13.8. The van der Waals surface area contributed by atoms with Gasteiger partial charge in [-0.25, -0.2) is 0 Å². The van der Waals surface area contributed by atoms with Gasteiger partial charge in [-0.15, -0.1) is 0 Å². The Morgan fingerprint density at radius 2 is 0.878 bits per heavy atom. The van der Waals surface area contributed by atoms with E-state index in [2.05, 4.69) is 138 Å². The summed E-state index contributed by atoms with van der Waals surface area (Å²) in [6.07, 6.45) is 1.87. The third-order valence-corrected chi connectivity index (χ3v) is 8.92. The lowest BCUT2D eigenvalue weighted by molar-refractivity contribution is 0.00578. The van der Waals surface area contributed by atoms with Crippen LogP contribution in [0, 0.1) is 0 Å². The molecule has 0 bridgehead atoms. The van der Waals surface area contributed by atoms with Gasteiger partial charge in [0.05, 0.1) is 16.9 Å². The van der Waals surface area contributed by atoms with Crippen LogP contribution in [0.1, 0.15) is 129 Å². The van der Waals surface area contributed by atoms with E-state index >= 15 is 0 Å². The predicted octanol–water partition coefficient (Wildman–Crippen LogP) is 10.8.